The Balaban J connectivity index is 1.31. The summed E-state index contributed by atoms with van der Waals surface area (Å²) < 4.78 is 24.8. The highest BCUT2D eigenvalue weighted by atomic mass is 32.2. The minimum Gasteiger partial charge on any atom is -0.337 e. The Morgan fingerprint density at radius 3 is 2.32 bits per heavy atom. The molecule has 4 rings (SSSR count). The molecular formula is C20H23N7O3S. The molecule has 1 aliphatic heterocycles. The predicted octanol–water partition coefficient (Wildman–Crippen LogP) is 0.827. The summed E-state index contributed by atoms with van der Waals surface area (Å²) in [5.74, 6) is 0.538. The molecule has 1 fully saturated rings. The van der Waals surface area contributed by atoms with Crippen LogP contribution in [0.5, 0.6) is 0 Å². The van der Waals surface area contributed by atoms with E-state index >= 15 is 0 Å². The average Bonchev–Trinajstić information content (AvgIpc) is 3.24. The van der Waals surface area contributed by atoms with E-state index in [0.717, 1.165) is 11.9 Å². The van der Waals surface area contributed by atoms with Crippen molar-refractivity contribution >= 4 is 27.4 Å². The Bertz CT molecular complexity index is 1140. The first kappa shape index (κ1) is 20.9. The molecule has 31 heavy (non-hydrogen) atoms. The number of hydrogen-bond donors (Lipinski definition) is 1. The number of hydrogen-bond acceptors (Lipinski definition) is 8. The van der Waals surface area contributed by atoms with Crippen LogP contribution in [0.3, 0.4) is 0 Å². The number of nitrogens with one attached hydrogen (secondary N) is 1. The maximum atomic E-state index is 12.4. The number of benzene rings is 2. The van der Waals surface area contributed by atoms with Gasteiger partial charge in [-0.1, -0.05) is 23.3 Å². The SMILES string of the molecule is CS(=O)(=O)c1ccc(NC(=O)CN2CCN(c3nnnn3-c3ccccc3)CC2)cc1. The first-order valence-electron chi connectivity index (χ1n) is 9.81. The van der Waals surface area contributed by atoms with Crippen molar-refractivity contribution in [3.63, 3.8) is 0 Å². The van der Waals surface area contributed by atoms with Gasteiger partial charge < -0.3 is 10.2 Å². The first-order chi connectivity index (χ1) is 14.9. The van der Waals surface area contributed by atoms with E-state index in [1.54, 1.807) is 16.8 Å². The van der Waals surface area contributed by atoms with Crippen LogP contribution in [0.4, 0.5) is 11.6 Å². The summed E-state index contributed by atoms with van der Waals surface area (Å²) in [5.41, 5.74) is 1.46. The van der Waals surface area contributed by atoms with Crippen LogP contribution in [0.15, 0.2) is 59.5 Å². The highest BCUT2D eigenvalue weighted by molar-refractivity contribution is 7.90. The predicted molar refractivity (Wildman–Crippen MR) is 116 cm³/mol. The van der Waals surface area contributed by atoms with Gasteiger partial charge >= 0.3 is 0 Å². The second kappa shape index (κ2) is 8.82. The minimum atomic E-state index is -3.26. The van der Waals surface area contributed by atoms with Crippen molar-refractivity contribution in [1.82, 2.24) is 25.1 Å². The van der Waals surface area contributed by atoms with E-state index in [0.29, 0.717) is 37.8 Å². The molecule has 0 atom stereocenters. The third kappa shape index (κ3) is 5.06. The Labute approximate surface area is 180 Å². The Morgan fingerprint density at radius 1 is 1.00 bits per heavy atom. The molecular weight excluding hydrogens is 418 g/mol. The molecule has 1 aliphatic rings. The number of piperazine rings is 1. The molecule has 1 N–H and O–H groups in total. The molecule has 0 bridgehead atoms. The summed E-state index contributed by atoms with van der Waals surface area (Å²) in [7, 11) is -3.26. The van der Waals surface area contributed by atoms with Crippen LogP contribution in [0.1, 0.15) is 0 Å². The van der Waals surface area contributed by atoms with Gasteiger partial charge in [0.15, 0.2) is 9.84 Å². The maximum Gasteiger partial charge on any atom is 0.250 e. The second-order valence-corrected chi connectivity index (χ2v) is 9.35. The standard InChI is InChI=1S/C20H23N7O3S/c1-31(29,30)18-9-7-16(8-10-18)21-19(28)15-25-11-13-26(14-12-25)20-22-23-24-27(20)17-5-3-2-4-6-17/h2-10H,11-15H2,1H3,(H,21,28). The summed E-state index contributed by atoms with van der Waals surface area (Å²) >= 11 is 0. The van der Waals surface area contributed by atoms with Crippen LogP contribution in [0.2, 0.25) is 0 Å². The first-order valence-corrected chi connectivity index (χ1v) is 11.7. The van der Waals surface area contributed by atoms with Crippen molar-refractivity contribution in [2.75, 3.05) is 49.2 Å². The maximum absolute atomic E-state index is 12.4. The highest BCUT2D eigenvalue weighted by Crippen LogP contribution is 2.17. The van der Waals surface area contributed by atoms with Crippen molar-refractivity contribution in [1.29, 1.82) is 0 Å². The van der Waals surface area contributed by atoms with Crippen LogP contribution in [0, 0.1) is 0 Å². The number of tetrazole rings is 1. The fourth-order valence-corrected chi connectivity index (χ4v) is 4.04. The van der Waals surface area contributed by atoms with Gasteiger partial charge in [-0.25, -0.2) is 8.42 Å². The Morgan fingerprint density at radius 2 is 1.68 bits per heavy atom. The zero-order valence-corrected chi connectivity index (χ0v) is 17.9. The van der Waals surface area contributed by atoms with Crippen molar-refractivity contribution in [2.24, 2.45) is 0 Å². The highest BCUT2D eigenvalue weighted by Gasteiger charge is 2.23. The molecule has 1 saturated heterocycles. The van der Waals surface area contributed by atoms with Crippen molar-refractivity contribution in [2.45, 2.75) is 4.90 Å². The lowest BCUT2D eigenvalue weighted by molar-refractivity contribution is -0.117. The molecule has 2 heterocycles. The molecule has 1 amide bonds. The normalized spacial score (nSPS) is 15.1. The summed E-state index contributed by atoms with van der Waals surface area (Å²) in [6.07, 6.45) is 1.15. The fraction of sp³-hybridized carbons (Fsp3) is 0.300. The fourth-order valence-electron chi connectivity index (χ4n) is 3.41. The van der Waals surface area contributed by atoms with E-state index in [9.17, 15) is 13.2 Å². The summed E-state index contributed by atoms with van der Waals surface area (Å²) in [5, 5.41) is 14.9. The number of anilines is 2. The molecule has 2 aromatic carbocycles. The molecule has 0 saturated carbocycles. The average molecular weight is 442 g/mol. The van der Waals surface area contributed by atoms with Gasteiger partial charge in [0.25, 0.3) is 0 Å². The van der Waals surface area contributed by atoms with Gasteiger partial charge in [0.1, 0.15) is 0 Å². The van der Waals surface area contributed by atoms with Gasteiger partial charge in [0.2, 0.25) is 11.9 Å². The molecule has 10 nitrogen and oxygen atoms in total. The third-order valence-electron chi connectivity index (χ3n) is 5.04. The Kier molecular flexibility index (Phi) is 5.96. The second-order valence-electron chi connectivity index (χ2n) is 7.33. The number of aromatic nitrogens is 4. The molecule has 0 spiro atoms. The van der Waals surface area contributed by atoms with E-state index in [1.807, 2.05) is 30.3 Å². The van der Waals surface area contributed by atoms with E-state index in [1.165, 1.54) is 12.1 Å². The zero-order chi connectivity index (χ0) is 21.8. The molecule has 162 valence electrons. The van der Waals surface area contributed by atoms with E-state index in [4.69, 9.17) is 0 Å². The monoisotopic (exact) mass is 441 g/mol. The lowest BCUT2D eigenvalue weighted by atomic mass is 10.3. The number of rotatable bonds is 6. The van der Waals surface area contributed by atoms with Gasteiger partial charge in [-0.15, -0.1) is 0 Å². The number of nitrogens with zero attached hydrogens (tertiary/aromatic N) is 6. The molecule has 11 heteroatoms. The van der Waals surface area contributed by atoms with Crippen LogP contribution in [-0.4, -0.2) is 78.4 Å². The van der Waals surface area contributed by atoms with Gasteiger partial charge in [-0.3, -0.25) is 9.69 Å². The summed E-state index contributed by atoms with van der Waals surface area (Å²) in [6, 6.07) is 15.9. The number of carbonyl (C=O) groups is 1. The lowest BCUT2D eigenvalue weighted by Crippen LogP contribution is -2.49. The quantitative estimate of drug-likeness (QED) is 0.598. The van der Waals surface area contributed by atoms with Crippen molar-refractivity contribution < 1.29 is 13.2 Å². The number of para-hydroxylation sites is 1. The van der Waals surface area contributed by atoms with Crippen LogP contribution < -0.4 is 10.2 Å². The van der Waals surface area contributed by atoms with E-state index in [2.05, 4.69) is 30.6 Å². The van der Waals surface area contributed by atoms with Crippen molar-refractivity contribution in [3.05, 3.63) is 54.6 Å². The topological polar surface area (TPSA) is 113 Å². The lowest BCUT2D eigenvalue weighted by Gasteiger charge is -2.34. The van der Waals surface area contributed by atoms with Gasteiger partial charge in [-0.05, 0) is 46.8 Å². The minimum absolute atomic E-state index is 0.144. The van der Waals surface area contributed by atoms with Crippen LogP contribution in [0.25, 0.3) is 5.69 Å². The van der Waals surface area contributed by atoms with Gasteiger partial charge in [0.05, 0.1) is 17.1 Å². The van der Waals surface area contributed by atoms with E-state index < -0.39 is 9.84 Å². The molecule has 0 unspecified atom stereocenters. The van der Waals surface area contributed by atoms with Gasteiger partial charge in [-0.2, -0.15) is 4.68 Å². The number of sulfone groups is 1. The van der Waals surface area contributed by atoms with E-state index in [-0.39, 0.29) is 17.3 Å². The molecule has 0 radical (unpaired) electrons. The van der Waals surface area contributed by atoms with Crippen LogP contribution >= 0.6 is 0 Å². The molecule has 3 aromatic rings. The summed E-state index contributed by atoms with van der Waals surface area (Å²) in [4.78, 5) is 16.8. The number of amides is 1. The largest absolute Gasteiger partial charge is 0.337 e. The Hall–Kier alpha value is -3.31. The van der Waals surface area contributed by atoms with Crippen LogP contribution in [-0.2, 0) is 14.6 Å². The zero-order valence-electron chi connectivity index (χ0n) is 17.0. The van der Waals surface area contributed by atoms with Gasteiger partial charge in [0, 0.05) is 38.1 Å². The van der Waals surface area contributed by atoms with Crippen molar-refractivity contribution in [3.8, 4) is 5.69 Å². The number of carbonyl (C=O) groups excluding carboxylic acids is 1. The summed E-state index contributed by atoms with van der Waals surface area (Å²) in [6.45, 7) is 3.04. The molecule has 0 aliphatic carbocycles. The third-order valence-corrected chi connectivity index (χ3v) is 6.17. The molecule has 1 aromatic heterocycles. The smallest absolute Gasteiger partial charge is 0.250 e.